The second-order valence-corrected chi connectivity index (χ2v) is 4.38. The average molecular weight is 246 g/mol. The summed E-state index contributed by atoms with van der Waals surface area (Å²) in [6.45, 7) is 1.52. The number of nitrogens with zero attached hydrogens (tertiary/aromatic N) is 1. The summed E-state index contributed by atoms with van der Waals surface area (Å²) in [6, 6.07) is 5.31. The van der Waals surface area contributed by atoms with Crippen LogP contribution in [0, 0.1) is 6.92 Å². The third-order valence-electron chi connectivity index (χ3n) is 2.95. The van der Waals surface area contributed by atoms with Gasteiger partial charge in [-0.3, -0.25) is 4.79 Å². The number of hydrogen-bond acceptors (Lipinski definition) is 3. The van der Waals surface area contributed by atoms with Gasteiger partial charge in [-0.05, 0) is 25.1 Å². The molecule has 5 heteroatoms. The molecule has 0 aliphatic heterocycles. The number of carboxylic acid groups (broad SMARTS) is 1. The number of rotatable bonds is 2. The highest BCUT2D eigenvalue weighted by Gasteiger charge is 2.14. The summed E-state index contributed by atoms with van der Waals surface area (Å²) in [5, 5.41) is 9.52. The zero-order chi connectivity index (χ0) is 13.4. The van der Waals surface area contributed by atoms with E-state index in [1.54, 1.807) is 12.1 Å². The summed E-state index contributed by atoms with van der Waals surface area (Å²) in [6.07, 6.45) is 0. The second-order valence-electron chi connectivity index (χ2n) is 4.38. The molecule has 1 heterocycles. The maximum absolute atomic E-state index is 12.1. The van der Waals surface area contributed by atoms with E-state index in [0.717, 1.165) is 5.69 Å². The molecular formula is C13H14N2O3. The van der Waals surface area contributed by atoms with Crippen LogP contribution in [0.2, 0.25) is 0 Å². The zero-order valence-electron chi connectivity index (χ0n) is 10.4. The number of pyridine rings is 1. The van der Waals surface area contributed by atoms with Crippen molar-refractivity contribution in [3.8, 4) is 0 Å². The molecule has 0 spiro atoms. The fourth-order valence-corrected chi connectivity index (χ4v) is 1.87. The number of aromatic carboxylic acids is 1. The molecule has 0 aliphatic carbocycles. The average Bonchev–Trinajstić information content (AvgIpc) is 2.32. The number of anilines is 1. The van der Waals surface area contributed by atoms with E-state index in [9.17, 15) is 9.59 Å². The second kappa shape index (κ2) is 4.18. The molecule has 1 aromatic heterocycles. The van der Waals surface area contributed by atoms with Gasteiger partial charge in [-0.25, -0.2) is 4.79 Å². The number of aromatic nitrogens is 1. The Labute approximate surface area is 104 Å². The van der Waals surface area contributed by atoms with Crippen molar-refractivity contribution in [2.45, 2.75) is 6.92 Å². The predicted molar refractivity (Wildman–Crippen MR) is 70.6 cm³/mol. The number of aromatic amines is 1. The fraction of sp³-hybridized carbons (Fsp3) is 0.231. The molecule has 2 rings (SSSR count). The topological polar surface area (TPSA) is 73.4 Å². The van der Waals surface area contributed by atoms with Gasteiger partial charge < -0.3 is 15.0 Å². The summed E-state index contributed by atoms with van der Waals surface area (Å²) in [4.78, 5) is 27.8. The van der Waals surface area contributed by atoms with E-state index >= 15 is 0 Å². The van der Waals surface area contributed by atoms with Crippen LogP contribution in [-0.2, 0) is 0 Å². The van der Waals surface area contributed by atoms with Crippen molar-refractivity contribution in [3.63, 3.8) is 0 Å². The lowest BCUT2D eigenvalue weighted by atomic mass is 10.1. The minimum absolute atomic E-state index is 0.0508. The van der Waals surface area contributed by atoms with Crippen molar-refractivity contribution in [1.29, 1.82) is 0 Å². The molecule has 0 unspecified atom stereocenters. The number of carboxylic acids is 1. The summed E-state index contributed by atoms with van der Waals surface area (Å²) < 4.78 is 0. The third-order valence-corrected chi connectivity index (χ3v) is 2.95. The van der Waals surface area contributed by atoms with Gasteiger partial charge in [0.15, 0.2) is 5.43 Å². The van der Waals surface area contributed by atoms with Gasteiger partial charge >= 0.3 is 5.97 Å². The number of H-pyrrole nitrogens is 1. The van der Waals surface area contributed by atoms with Crippen LogP contribution in [0.4, 0.5) is 5.69 Å². The smallest absolute Gasteiger partial charge is 0.352 e. The highest BCUT2D eigenvalue weighted by Crippen LogP contribution is 2.18. The first kappa shape index (κ1) is 12.2. The molecular weight excluding hydrogens is 232 g/mol. The normalized spacial score (nSPS) is 10.6. The third kappa shape index (κ3) is 1.84. The van der Waals surface area contributed by atoms with Crippen molar-refractivity contribution in [1.82, 2.24) is 4.98 Å². The van der Waals surface area contributed by atoms with Crippen LogP contribution < -0.4 is 10.3 Å². The van der Waals surface area contributed by atoms with Crippen molar-refractivity contribution in [3.05, 3.63) is 39.7 Å². The molecule has 0 aliphatic rings. The predicted octanol–water partition coefficient (Wildman–Crippen LogP) is 1.60. The molecule has 1 aromatic carbocycles. The molecule has 0 atom stereocenters. The first-order valence-corrected chi connectivity index (χ1v) is 5.49. The molecule has 0 radical (unpaired) electrons. The van der Waals surface area contributed by atoms with Crippen LogP contribution in [0.5, 0.6) is 0 Å². The largest absolute Gasteiger partial charge is 0.477 e. The zero-order valence-corrected chi connectivity index (χ0v) is 10.4. The number of carbonyl (C=O) groups is 1. The molecule has 0 bridgehead atoms. The van der Waals surface area contributed by atoms with Crippen molar-refractivity contribution >= 4 is 22.6 Å². The van der Waals surface area contributed by atoms with E-state index in [1.807, 2.05) is 25.1 Å². The number of hydrogen-bond donors (Lipinski definition) is 2. The number of nitrogens with one attached hydrogen (secondary N) is 1. The van der Waals surface area contributed by atoms with E-state index in [2.05, 4.69) is 4.98 Å². The summed E-state index contributed by atoms with van der Waals surface area (Å²) in [7, 11) is 3.77. The minimum atomic E-state index is -1.12. The van der Waals surface area contributed by atoms with E-state index in [0.29, 0.717) is 10.9 Å². The summed E-state index contributed by atoms with van der Waals surface area (Å²) in [5.41, 5.74) is 1.37. The summed E-state index contributed by atoms with van der Waals surface area (Å²) >= 11 is 0. The standard InChI is InChI=1S/C13H14N2O3/c1-7-11(13(17)18)14-10-5-4-8(15(2)3)6-9(10)12(7)16/h4-6H,1-3H3,(H,14,16)(H,17,18). The monoisotopic (exact) mass is 246 g/mol. The highest BCUT2D eigenvalue weighted by molar-refractivity contribution is 5.92. The van der Waals surface area contributed by atoms with Crippen LogP contribution in [-0.4, -0.2) is 30.2 Å². The Morgan fingerprint density at radius 2 is 2.00 bits per heavy atom. The van der Waals surface area contributed by atoms with Gasteiger partial charge in [-0.2, -0.15) is 0 Å². The highest BCUT2D eigenvalue weighted by atomic mass is 16.4. The Morgan fingerprint density at radius 3 is 2.56 bits per heavy atom. The minimum Gasteiger partial charge on any atom is -0.477 e. The number of fused-ring (bicyclic) bond motifs is 1. The Hall–Kier alpha value is -2.30. The first-order chi connectivity index (χ1) is 8.41. The van der Waals surface area contributed by atoms with Crippen LogP contribution in [0.25, 0.3) is 10.9 Å². The van der Waals surface area contributed by atoms with Gasteiger partial charge in [-0.1, -0.05) is 0 Å². The van der Waals surface area contributed by atoms with E-state index < -0.39 is 5.97 Å². The van der Waals surface area contributed by atoms with E-state index in [-0.39, 0.29) is 16.7 Å². The lowest BCUT2D eigenvalue weighted by Crippen LogP contribution is -2.16. The first-order valence-electron chi connectivity index (χ1n) is 5.49. The molecule has 2 aromatic rings. The Bertz CT molecular complexity index is 686. The van der Waals surface area contributed by atoms with Crippen LogP contribution >= 0.6 is 0 Å². The molecule has 0 amide bonds. The maximum atomic E-state index is 12.1. The van der Waals surface area contributed by atoms with Gasteiger partial charge in [-0.15, -0.1) is 0 Å². The molecule has 0 saturated carbocycles. The lowest BCUT2D eigenvalue weighted by Gasteiger charge is -2.13. The Balaban J connectivity index is 2.83. The maximum Gasteiger partial charge on any atom is 0.352 e. The number of benzene rings is 1. The molecule has 2 N–H and O–H groups in total. The van der Waals surface area contributed by atoms with Crippen LogP contribution in [0.15, 0.2) is 23.0 Å². The van der Waals surface area contributed by atoms with Gasteiger partial charge in [0.25, 0.3) is 0 Å². The van der Waals surface area contributed by atoms with Crippen molar-refractivity contribution < 1.29 is 9.90 Å². The Kier molecular flexibility index (Phi) is 2.82. The molecule has 0 saturated heterocycles. The van der Waals surface area contributed by atoms with Crippen molar-refractivity contribution in [2.24, 2.45) is 0 Å². The molecule has 18 heavy (non-hydrogen) atoms. The van der Waals surface area contributed by atoms with Crippen molar-refractivity contribution in [2.75, 3.05) is 19.0 Å². The van der Waals surface area contributed by atoms with Gasteiger partial charge in [0.05, 0.1) is 5.52 Å². The lowest BCUT2D eigenvalue weighted by molar-refractivity contribution is 0.0690. The van der Waals surface area contributed by atoms with Crippen LogP contribution in [0.1, 0.15) is 16.1 Å². The van der Waals surface area contributed by atoms with Gasteiger partial charge in [0.2, 0.25) is 0 Å². The van der Waals surface area contributed by atoms with Gasteiger partial charge in [0, 0.05) is 30.7 Å². The molecule has 0 fully saturated rings. The van der Waals surface area contributed by atoms with E-state index in [4.69, 9.17) is 5.11 Å². The summed E-state index contributed by atoms with van der Waals surface area (Å²) in [5.74, 6) is -1.12. The molecule has 5 nitrogen and oxygen atoms in total. The van der Waals surface area contributed by atoms with Crippen LogP contribution in [0.3, 0.4) is 0 Å². The fourth-order valence-electron chi connectivity index (χ4n) is 1.87. The Morgan fingerprint density at radius 1 is 1.33 bits per heavy atom. The van der Waals surface area contributed by atoms with Gasteiger partial charge in [0.1, 0.15) is 5.69 Å². The molecule has 94 valence electrons. The SMILES string of the molecule is Cc1c(C(=O)O)[nH]c2ccc(N(C)C)cc2c1=O. The van der Waals surface area contributed by atoms with E-state index in [1.165, 1.54) is 6.92 Å². The quantitative estimate of drug-likeness (QED) is 0.844.